The second-order valence-electron chi connectivity index (χ2n) is 3.44. The fourth-order valence-electron chi connectivity index (χ4n) is 1.76. The second-order valence-corrected chi connectivity index (χ2v) is 4.35. The second kappa shape index (κ2) is 7.44. The Bertz CT molecular complexity index is 291. The van der Waals surface area contributed by atoms with Gasteiger partial charge < -0.3 is 5.32 Å². The summed E-state index contributed by atoms with van der Waals surface area (Å²) in [6.07, 6.45) is 7.64. The molecule has 2 rings (SSSR count). The van der Waals surface area contributed by atoms with E-state index in [2.05, 4.69) is 32.3 Å². The fourth-order valence-corrected chi connectivity index (χ4v) is 2.14. The lowest BCUT2D eigenvalue weighted by atomic mass is 9.99. The van der Waals surface area contributed by atoms with Gasteiger partial charge in [0.2, 0.25) is 0 Å². The summed E-state index contributed by atoms with van der Waals surface area (Å²) < 4.78 is 1.07. The Balaban J connectivity index is 0.000000980. The highest BCUT2D eigenvalue weighted by Gasteiger charge is 2.14. The van der Waals surface area contributed by atoms with Gasteiger partial charge in [0.1, 0.15) is 0 Å². The molecule has 1 aliphatic rings. The molecule has 0 saturated carbocycles. The number of halogens is 3. The normalized spacial score (nSPS) is 19.9. The number of aromatic nitrogens is 1. The van der Waals surface area contributed by atoms with Gasteiger partial charge in [-0.05, 0) is 46.9 Å². The predicted molar refractivity (Wildman–Crippen MR) is 71.0 cm³/mol. The molecule has 86 valence electrons. The summed E-state index contributed by atoms with van der Waals surface area (Å²) in [4.78, 5) is 4.17. The van der Waals surface area contributed by atoms with Crippen LogP contribution in [0.1, 0.15) is 30.9 Å². The van der Waals surface area contributed by atoms with Crippen LogP contribution in [-0.2, 0) is 0 Å². The van der Waals surface area contributed by atoms with Crippen LogP contribution in [0.25, 0.3) is 0 Å². The minimum atomic E-state index is 0. The van der Waals surface area contributed by atoms with Crippen molar-refractivity contribution in [2.24, 2.45) is 0 Å². The van der Waals surface area contributed by atoms with Crippen LogP contribution in [0.5, 0.6) is 0 Å². The van der Waals surface area contributed by atoms with Gasteiger partial charge in [0.25, 0.3) is 0 Å². The molecule has 5 heteroatoms. The van der Waals surface area contributed by atoms with Gasteiger partial charge in [-0.3, -0.25) is 4.98 Å². The maximum absolute atomic E-state index is 4.17. The first-order valence-corrected chi connectivity index (χ1v) is 5.49. The first kappa shape index (κ1) is 15.2. The third-order valence-corrected chi connectivity index (χ3v) is 2.87. The number of pyridine rings is 1. The maximum atomic E-state index is 4.17. The topological polar surface area (TPSA) is 24.9 Å². The molecule has 0 aliphatic carbocycles. The van der Waals surface area contributed by atoms with Crippen LogP contribution in [0.3, 0.4) is 0 Å². The molecule has 2 nitrogen and oxygen atoms in total. The monoisotopic (exact) mass is 312 g/mol. The van der Waals surface area contributed by atoms with Crippen LogP contribution in [0.15, 0.2) is 22.9 Å². The Hall–Kier alpha value is 0.170. The number of hydrogen-bond acceptors (Lipinski definition) is 2. The number of nitrogens with one attached hydrogen (secondary N) is 1. The largest absolute Gasteiger partial charge is 0.310 e. The van der Waals surface area contributed by atoms with E-state index in [-0.39, 0.29) is 24.8 Å². The standard InChI is InChI=1S/C10H13BrN2.2ClH/c11-9-5-8(6-12-7-9)10-3-1-2-4-13-10;;/h5-7,10,13H,1-4H2;2*1H. The van der Waals surface area contributed by atoms with E-state index < -0.39 is 0 Å². The predicted octanol–water partition coefficient (Wildman–Crippen LogP) is 3.50. The zero-order valence-corrected chi connectivity index (χ0v) is 11.5. The van der Waals surface area contributed by atoms with Crippen LogP contribution in [0.2, 0.25) is 0 Å². The smallest absolute Gasteiger partial charge is 0.0410 e. The van der Waals surface area contributed by atoms with Crippen molar-refractivity contribution in [1.82, 2.24) is 10.3 Å². The van der Waals surface area contributed by atoms with Crippen molar-refractivity contribution in [1.29, 1.82) is 0 Å². The molecule has 1 aliphatic heterocycles. The zero-order valence-electron chi connectivity index (χ0n) is 8.28. The Kier molecular flexibility index (Phi) is 7.53. The van der Waals surface area contributed by atoms with Gasteiger partial charge in [-0.1, -0.05) is 6.42 Å². The van der Waals surface area contributed by atoms with E-state index in [1.54, 1.807) is 0 Å². The Morgan fingerprint density at radius 3 is 2.67 bits per heavy atom. The van der Waals surface area contributed by atoms with E-state index >= 15 is 0 Å². The van der Waals surface area contributed by atoms with E-state index in [0.29, 0.717) is 6.04 Å². The number of nitrogens with zero attached hydrogens (tertiary/aromatic N) is 1. The molecule has 1 aromatic rings. The van der Waals surface area contributed by atoms with Crippen molar-refractivity contribution in [2.45, 2.75) is 25.3 Å². The summed E-state index contributed by atoms with van der Waals surface area (Å²) in [5.41, 5.74) is 1.30. The summed E-state index contributed by atoms with van der Waals surface area (Å²) in [7, 11) is 0. The summed E-state index contributed by atoms with van der Waals surface area (Å²) in [6.45, 7) is 1.14. The molecule has 1 fully saturated rings. The molecule has 15 heavy (non-hydrogen) atoms. The highest BCUT2D eigenvalue weighted by atomic mass is 79.9. The lowest BCUT2D eigenvalue weighted by Gasteiger charge is -2.23. The molecule has 1 atom stereocenters. The average Bonchev–Trinajstić information content (AvgIpc) is 2.19. The van der Waals surface area contributed by atoms with Crippen molar-refractivity contribution < 1.29 is 0 Å². The Morgan fingerprint density at radius 2 is 2.07 bits per heavy atom. The van der Waals surface area contributed by atoms with Crippen LogP contribution in [0.4, 0.5) is 0 Å². The van der Waals surface area contributed by atoms with Gasteiger partial charge in [0.05, 0.1) is 0 Å². The molecule has 0 aromatic carbocycles. The van der Waals surface area contributed by atoms with Crippen molar-refractivity contribution in [3.8, 4) is 0 Å². The first-order valence-electron chi connectivity index (χ1n) is 4.70. The van der Waals surface area contributed by atoms with E-state index in [0.717, 1.165) is 11.0 Å². The third-order valence-electron chi connectivity index (χ3n) is 2.44. The third kappa shape index (κ3) is 4.27. The van der Waals surface area contributed by atoms with Crippen molar-refractivity contribution in [2.75, 3.05) is 6.54 Å². The molecule has 1 unspecified atom stereocenters. The van der Waals surface area contributed by atoms with E-state index in [1.165, 1.54) is 24.8 Å². The molecule has 0 radical (unpaired) electrons. The lowest BCUT2D eigenvalue weighted by molar-refractivity contribution is 0.411. The van der Waals surface area contributed by atoms with Gasteiger partial charge in [0.15, 0.2) is 0 Å². The van der Waals surface area contributed by atoms with Crippen LogP contribution >= 0.6 is 40.7 Å². The molecule has 0 amide bonds. The minimum Gasteiger partial charge on any atom is -0.310 e. The van der Waals surface area contributed by atoms with E-state index in [1.807, 2.05) is 12.4 Å². The van der Waals surface area contributed by atoms with Gasteiger partial charge in [-0.15, -0.1) is 24.8 Å². The molecule has 0 bridgehead atoms. The number of hydrogen-bond donors (Lipinski definition) is 1. The summed E-state index contributed by atoms with van der Waals surface area (Å²) >= 11 is 3.44. The highest BCUT2D eigenvalue weighted by Crippen LogP contribution is 2.23. The highest BCUT2D eigenvalue weighted by molar-refractivity contribution is 9.10. The molecule has 0 spiro atoms. The van der Waals surface area contributed by atoms with Crippen LogP contribution in [-0.4, -0.2) is 11.5 Å². The first-order chi connectivity index (χ1) is 6.36. The van der Waals surface area contributed by atoms with Gasteiger partial charge in [-0.25, -0.2) is 0 Å². The van der Waals surface area contributed by atoms with Crippen LogP contribution < -0.4 is 5.32 Å². The Morgan fingerprint density at radius 1 is 1.27 bits per heavy atom. The molecular formula is C10H15BrCl2N2. The molecule has 1 saturated heterocycles. The van der Waals surface area contributed by atoms with E-state index in [4.69, 9.17) is 0 Å². The van der Waals surface area contributed by atoms with Gasteiger partial charge in [-0.2, -0.15) is 0 Å². The zero-order chi connectivity index (χ0) is 9.10. The van der Waals surface area contributed by atoms with Gasteiger partial charge >= 0.3 is 0 Å². The van der Waals surface area contributed by atoms with Crippen LogP contribution in [0, 0.1) is 0 Å². The lowest BCUT2D eigenvalue weighted by Crippen LogP contribution is -2.26. The number of piperidine rings is 1. The SMILES string of the molecule is Brc1cncc(C2CCCCN2)c1.Cl.Cl. The van der Waals surface area contributed by atoms with Crippen molar-refractivity contribution in [3.05, 3.63) is 28.5 Å². The van der Waals surface area contributed by atoms with Gasteiger partial charge in [0, 0.05) is 22.9 Å². The average molecular weight is 314 g/mol. The van der Waals surface area contributed by atoms with Crippen molar-refractivity contribution in [3.63, 3.8) is 0 Å². The maximum Gasteiger partial charge on any atom is 0.0410 e. The molecule has 1 N–H and O–H groups in total. The van der Waals surface area contributed by atoms with Crippen molar-refractivity contribution >= 4 is 40.7 Å². The minimum absolute atomic E-state index is 0. The Labute approximate surface area is 111 Å². The summed E-state index contributed by atoms with van der Waals surface area (Å²) in [5, 5.41) is 3.50. The number of rotatable bonds is 1. The fraction of sp³-hybridized carbons (Fsp3) is 0.500. The summed E-state index contributed by atoms with van der Waals surface area (Å²) in [5.74, 6) is 0. The van der Waals surface area contributed by atoms with E-state index in [9.17, 15) is 0 Å². The molecule has 1 aromatic heterocycles. The summed E-state index contributed by atoms with van der Waals surface area (Å²) in [6, 6.07) is 2.66. The molecule has 2 heterocycles. The quantitative estimate of drug-likeness (QED) is 0.858. The molecular weight excluding hydrogens is 299 g/mol.